The smallest absolute Gasteiger partial charge is 0.0871 e. The third-order valence-electron chi connectivity index (χ3n) is 3.55. The second-order valence-electron chi connectivity index (χ2n) is 4.55. The summed E-state index contributed by atoms with van der Waals surface area (Å²) >= 11 is 0. The van der Waals surface area contributed by atoms with Crippen molar-refractivity contribution in [2.45, 2.75) is 31.4 Å². The zero-order valence-corrected chi connectivity index (χ0v) is 8.91. The minimum Gasteiger partial charge on any atom is -0.374 e. The van der Waals surface area contributed by atoms with Crippen LogP contribution in [0.15, 0.2) is 0 Å². The molecule has 2 fully saturated rings. The fraction of sp³-hybridized carbons (Fsp3) is 1.00. The van der Waals surface area contributed by atoms with Gasteiger partial charge in [0.15, 0.2) is 0 Å². The normalized spacial score (nSPS) is 32.6. The topological polar surface area (TPSA) is 50.5 Å². The Bertz CT molecular complexity index is 184. The van der Waals surface area contributed by atoms with E-state index in [1.54, 1.807) is 0 Å². The minimum atomic E-state index is 0.282. The van der Waals surface area contributed by atoms with Gasteiger partial charge in [-0.05, 0) is 25.8 Å². The number of morpholine rings is 1. The molecule has 3 N–H and O–H groups in total. The van der Waals surface area contributed by atoms with Crippen LogP contribution in [0.25, 0.3) is 0 Å². The van der Waals surface area contributed by atoms with Crippen molar-refractivity contribution in [2.24, 2.45) is 11.8 Å². The highest BCUT2D eigenvalue weighted by Crippen LogP contribution is 2.31. The average molecular weight is 199 g/mol. The monoisotopic (exact) mass is 199 g/mol. The first-order valence-electron chi connectivity index (χ1n) is 5.57. The summed E-state index contributed by atoms with van der Waals surface area (Å²) in [5, 5.41) is 0. The molecule has 0 spiro atoms. The highest BCUT2D eigenvalue weighted by atomic mass is 16.5. The van der Waals surface area contributed by atoms with Crippen molar-refractivity contribution in [3.05, 3.63) is 0 Å². The van der Waals surface area contributed by atoms with Gasteiger partial charge in [-0.25, -0.2) is 0 Å². The van der Waals surface area contributed by atoms with E-state index in [9.17, 15) is 0 Å². The van der Waals surface area contributed by atoms with Gasteiger partial charge in [0.25, 0.3) is 0 Å². The van der Waals surface area contributed by atoms with Crippen molar-refractivity contribution >= 4 is 0 Å². The lowest BCUT2D eigenvalue weighted by Gasteiger charge is -2.41. The molecular formula is C10H21N3O. The third-order valence-corrected chi connectivity index (χ3v) is 3.55. The second kappa shape index (κ2) is 4.57. The fourth-order valence-electron chi connectivity index (χ4n) is 2.37. The molecule has 0 bridgehead atoms. The Labute approximate surface area is 85.7 Å². The van der Waals surface area contributed by atoms with Crippen LogP contribution in [0, 0.1) is 5.92 Å². The largest absolute Gasteiger partial charge is 0.374 e. The molecule has 14 heavy (non-hydrogen) atoms. The highest BCUT2D eigenvalue weighted by Gasteiger charge is 2.34. The first-order valence-corrected chi connectivity index (χ1v) is 5.57. The molecule has 0 aromatic heterocycles. The summed E-state index contributed by atoms with van der Waals surface area (Å²) in [6, 6.07) is 0.353. The highest BCUT2D eigenvalue weighted by molar-refractivity contribution is 4.89. The van der Waals surface area contributed by atoms with Crippen LogP contribution in [0.4, 0.5) is 0 Å². The molecule has 0 amide bonds. The molecule has 1 saturated carbocycles. The molecule has 2 atom stereocenters. The standard InChI is InChI=1S/C10H21N3O/c1-13-5-6-14-9(7-13)10(12-11)8-3-2-4-8/h8-10,12H,2-7,11H2,1H3. The van der Waals surface area contributed by atoms with Gasteiger partial charge in [0.1, 0.15) is 0 Å². The molecule has 4 nitrogen and oxygen atoms in total. The number of rotatable bonds is 3. The Kier molecular flexibility index (Phi) is 3.38. The van der Waals surface area contributed by atoms with Crippen LogP contribution in [-0.2, 0) is 4.74 Å². The molecular weight excluding hydrogens is 178 g/mol. The zero-order chi connectivity index (χ0) is 9.97. The van der Waals surface area contributed by atoms with E-state index < -0.39 is 0 Å². The van der Waals surface area contributed by atoms with Crippen LogP contribution in [0.2, 0.25) is 0 Å². The van der Waals surface area contributed by atoms with Gasteiger partial charge in [-0.2, -0.15) is 0 Å². The molecule has 0 aromatic carbocycles. The number of hydrogen-bond acceptors (Lipinski definition) is 4. The molecule has 2 rings (SSSR count). The van der Waals surface area contributed by atoms with Crippen LogP contribution in [0.3, 0.4) is 0 Å². The predicted octanol–water partition coefficient (Wildman–Crippen LogP) is -0.0510. The zero-order valence-electron chi connectivity index (χ0n) is 8.91. The Morgan fingerprint density at radius 3 is 2.79 bits per heavy atom. The molecule has 0 aromatic rings. The Balaban J connectivity index is 1.89. The van der Waals surface area contributed by atoms with Gasteiger partial charge >= 0.3 is 0 Å². The third kappa shape index (κ3) is 2.08. The van der Waals surface area contributed by atoms with E-state index in [0.717, 1.165) is 25.6 Å². The maximum Gasteiger partial charge on any atom is 0.0871 e. The van der Waals surface area contributed by atoms with Crippen molar-refractivity contribution in [1.29, 1.82) is 0 Å². The van der Waals surface area contributed by atoms with Gasteiger partial charge in [0, 0.05) is 13.1 Å². The van der Waals surface area contributed by atoms with Crippen LogP contribution < -0.4 is 11.3 Å². The second-order valence-corrected chi connectivity index (χ2v) is 4.55. The van der Waals surface area contributed by atoms with E-state index in [-0.39, 0.29) is 6.10 Å². The summed E-state index contributed by atoms with van der Waals surface area (Å²) in [6.45, 7) is 2.88. The number of ether oxygens (including phenoxy) is 1. The lowest BCUT2D eigenvalue weighted by molar-refractivity contribution is -0.0567. The van der Waals surface area contributed by atoms with E-state index in [1.807, 2.05) is 0 Å². The quantitative estimate of drug-likeness (QED) is 0.494. The van der Waals surface area contributed by atoms with Crippen molar-refractivity contribution in [1.82, 2.24) is 10.3 Å². The molecule has 2 aliphatic rings. The molecule has 4 heteroatoms. The maximum atomic E-state index is 5.77. The molecule has 1 heterocycles. The fourth-order valence-corrected chi connectivity index (χ4v) is 2.37. The van der Waals surface area contributed by atoms with E-state index in [1.165, 1.54) is 19.3 Å². The van der Waals surface area contributed by atoms with Gasteiger partial charge < -0.3 is 9.64 Å². The molecule has 1 aliphatic carbocycles. The number of likely N-dealkylation sites (N-methyl/N-ethyl adjacent to an activating group) is 1. The number of nitrogens with zero attached hydrogens (tertiary/aromatic N) is 1. The van der Waals surface area contributed by atoms with Gasteiger partial charge in [0.2, 0.25) is 0 Å². The Hall–Kier alpha value is -0.160. The molecule has 82 valence electrons. The van der Waals surface area contributed by atoms with Gasteiger partial charge in [-0.15, -0.1) is 0 Å². The van der Waals surface area contributed by atoms with Crippen LogP contribution in [-0.4, -0.2) is 43.8 Å². The van der Waals surface area contributed by atoms with Crippen molar-refractivity contribution in [3.63, 3.8) is 0 Å². The molecule has 1 aliphatic heterocycles. The molecule has 2 unspecified atom stereocenters. The summed E-state index contributed by atoms with van der Waals surface area (Å²) in [6.07, 6.45) is 4.24. The molecule has 0 radical (unpaired) electrons. The van der Waals surface area contributed by atoms with Crippen LogP contribution in [0.1, 0.15) is 19.3 Å². The summed E-state index contributed by atoms with van der Waals surface area (Å²) in [5.74, 6) is 6.34. The van der Waals surface area contributed by atoms with Crippen LogP contribution in [0.5, 0.6) is 0 Å². The van der Waals surface area contributed by atoms with Crippen molar-refractivity contribution < 1.29 is 4.74 Å². The number of hydrazine groups is 1. The molecule has 1 saturated heterocycles. The summed E-state index contributed by atoms with van der Waals surface area (Å²) in [5.41, 5.74) is 2.94. The van der Waals surface area contributed by atoms with Crippen molar-refractivity contribution in [3.8, 4) is 0 Å². The first kappa shape index (κ1) is 10.4. The lowest BCUT2D eigenvalue weighted by atomic mass is 9.77. The summed E-state index contributed by atoms with van der Waals surface area (Å²) < 4.78 is 5.77. The summed E-state index contributed by atoms with van der Waals surface area (Å²) in [7, 11) is 2.14. The van der Waals surface area contributed by atoms with E-state index in [0.29, 0.717) is 6.04 Å². The number of hydrogen-bond donors (Lipinski definition) is 2. The van der Waals surface area contributed by atoms with Gasteiger partial charge in [-0.1, -0.05) is 6.42 Å². The maximum absolute atomic E-state index is 5.77. The predicted molar refractivity (Wildman–Crippen MR) is 55.7 cm³/mol. The Morgan fingerprint density at radius 1 is 1.50 bits per heavy atom. The number of nitrogens with two attached hydrogens (primary N) is 1. The van der Waals surface area contributed by atoms with Gasteiger partial charge in [0.05, 0.1) is 18.8 Å². The Morgan fingerprint density at radius 2 is 2.29 bits per heavy atom. The van der Waals surface area contributed by atoms with Gasteiger partial charge in [-0.3, -0.25) is 11.3 Å². The SMILES string of the molecule is CN1CCOC(C(NN)C2CCC2)C1. The first-order chi connectivity index (χ1) is 6.81. The summed E-state index contributed by atoms with van der Waals surface area (Å²) in [4.78, 5) is 2.32. The minimum absolute atomic E-state index is 0.282. The van der Waals surface area contributed by atoms with E-state index in [2.05, 4.69) is 17.4 Å². The number of nitrogens with one attached hydrogen (secondary N) is 1. The van der Waals surface area contributed by atoms with E-state index in [4.69, 9.17) is 10.6 Å². The average Bonchev–Trinajstić information content (AvgIpc) is 2.10. The van der Waals surface area contributed by atoms with Crippen molar-refractivity contribution in [2.75, 3.05) is 26.7 Å². The van der Waals surface area contributed by atoms with E-state index >= 15 is 0 Å². The lowest BCUT2D eigenvalue weighted by Crippen LogP contribution is -2.57. The van der Waals surface area contributed by atoms with Crippen LogP contribution >= 0.6 is 0 Å².